The van der Waals surface area contributed by atoms with E-state index < -0.39 is 11.7 Å². The third kappa shape index (κ3) is 2.86. The van der Waals surface area contributed by atoms with Crippen molar-refractivity contribution in [1.82, 2.24) is 0 Å². The van der Waals surface area contributed by atoms with Crippen LogP contribution in [0.15, 0.2) is 18.2 Å². The van der Waals surface area contributed by atoms with E-state index in [0.717, 1.165) is 17.5 Å². The molecule has 1 fully saturated rings. The Bertz CT molecular complexity index is 418. The van der Waals surface area contributed by atoms with E-state index in [-0.39, 0.29) is 11.8 Å². The number of ether oxygens (including phenoxy) is 1. The zero-order valence-electron chi connectivity index (χ0n) is 10.6. The lowest BCUT2D eigenvalue weighted by atomic mass is 9.91. The third-order valence-corrected chi connectivity index (χ3v) is 3.37. The van der Waals surface area contributed by atoms with E-state index in [9.17, 15) is 13.2 Å². The van der Waals surface area contributed by atoms with Gasteiger partial charge in [-0.05, 0) is 35.6 Å². The van der Waals surface area contributed by atoms with Crippen molar-refractivity contribution >= 4 is 0 Å². The topological polar surface area (TPSA) is 9.23 Å². The number of alkyl halides is 3. The Kier molecular flexibility index (Phi) is 3.66. The molecule has 1 aromatic carbocycles. The standard InChI is InChI=1S/C14H17F3O/c1-9(2)11-5-12(10-3-4-18-8-10)7-13(6-11)14(15,16)17/h5-7,9-10H,3-4,8H2,1-2H3. The summed E-state index contributed by atoms with van der Waals surface area (Å²) in [6, 6.07) is 4.41. The summed E-state index contributed by atoms with van der Waals surface area (Å²) in [5.74, 6) is 0.193. The predicted octanol–water partition coefficient (Wildman–Crippen LogP) is 4.33. The van der Waals surface area contributed by atoms with Gasteiger partial charge in [-0.3, -0.25) is 0 Å². The molecule has 0 spiro atoms. The van der Waals surface area contributed by atoms with E-state index in [1.807, 2.05) is 19.9 Å². The SMILES string of the molecule is CC(C)c1cc(C2CCOC2)cc(C(F)(F)F)c1. The van der Waals surface area contributed by atoms with Crippen molar-refractivity contribution in [3.05, 3.63) is 34.9 Å². The number of rotatable bonds is 2. The second-order valence-electron chi connectivity index (χ2n) is 5.10. The fourth-order valence-electron chi connectivity index (χ4n) is 2.21. The van der Waals surface area contributed by atoms with Crippen LogP contribution in [0.2, 0.25) is 0 Å². The van der Waals surface area contributed by atoms with Crippen LogP contribution in [0.4, 0.5) is 13.2 Å². The zero-order valence-corrected chi connectivity index (χ0v) is 10.6. The van der Waals surface area contributed by atoms with Crippen molar-refractivity contribution in [2.24, 2.45) is 0 Å². The molecule has 0 amide bonds. The highest BCUT2D eigenvalue weighted by atomic mass is 19.4. The quantitative estimate of drug-likeness (QED) is 0.767. The normalized spacial score (nSPS) is 20.7. The third-order valence-electron chi connectivity index (χ3n) is 3.37. The molecule has 0 bridgehead atoms. The van der Waals surface area contributed by atoms with Gasteiger partial charge in [-0.15, -0.1) is 0 Å². The predicted molar refractivity (Wildman–Crippen MR) is 63.7 cm³/mol. The second kappa shape index (κ2) is 4.92. The molecule has 100 valence electrons. The summed E-state index contributed by atoms with van der Waals surface area (Å²) >= 11 is 0. The van der Waals surface area contributed by atoms with Gasteiger partial charge in [-0.25, -0.2) is 0 Å². The number of halogens is 3. The highest BCUT2D eigenvalue weighted by molar-refractivity contribution is 5.35. The summed E-state index contributed by atoms with van der Waals surface area (Å²) in [5, 5.41) is 0. The average molecular weight is 258 g/mol. The number of benzene rings is 1. The maximum Gasteiger partial charge on any atom is 0.416 e. The van der Waals surface area contributed by atoms with E-state index in [2.05, 4.69) is 0 Å². The van der Waals surface area contributed by atoms with Crippen LogP contribution in [0.5, 0.6) is 0 Å². The molecule has 0 N–H and O–H groups in total. The van der Waals surface area contributed by atoms with E-state index >= 15 is 0 Å². The second-order valence-corrected chi connectivity index (χ2v) is 5.10. The molecule has 1 aliphatic heterocycles. The van der Waals surface area contributed by atoms with Crippen LogP contribution in [0.25, 0.3) is 0 Å². The van der Waals surface area contributed by atoms with Crippen molar-refractivity contribution in [1.29, 1.82) is 0 Å². The van der Waals surface area contributed by atoms with Gasteiger partial charge in [0.05, 0.1) is 12.2 Å². The molecule has 1 nitrogen and oxygen atoms in total. The first-order valence-electron chi connectivity index (χ1n) is 6.17. The van der Waals surface area contributed by atoms with Gasteiger partial charge in [0.15, 0.2) is 0 Å². The minimum Gasteiger partial charge on any atom is -0.381 e. The smallest absolute Gasteiger partial charge is 0.381 e. The monoisotopic (exact) mass is 258 g/mol. The largest absolute Gasteiger partial charge is 0.416 e. The summed E-state index contributed by atoms with van der Waals surface area (Å²) in [7, 11) is 0. The maximum atomic E-state index is 12.9. The van der Waals surface area contributed by atoms with E-state index in [1.54, 1.807) is 0 Å². The summed E-state index contributed by atoms with van der Waals surface area (Å²) in [5.41, 5.74) is 0.952. The molecule has 1 atom stereocenters. The summed E-state index contributed by atoms with van der Waals surface area (Å²) < 4.78 is 43.9. The molecule has 18 heavy (non-hydrogen) atoms. The molecule has 2 rings (SSSR count). The zero-order chi connectivity index (χ0) is 13.3. The van der Waals surface area contributed by atoms with Crippen LogP contribution >= 0.6 is 0 Å². The minimum absolute atomic E-state index is 0.0911. The number of hydrogen-bond acceptors (Lipinski definition) is 1. The van der Waals surface area contributed by atoms with E-state index in [1.165, 1.54) is 12.1 Å². The molecule has 1 heterocycles. The molecule has 1 aliphatic rings. The molecule has 1 unspecified atom stereocenters. The van der Waals surface area contributed by atoms with Crippen molar-refractivity contribution in [2.75, 3.05) is 13.2 Å². The average Bonchev–Trinajstić information content (AvgIpc) is 2.80. The van der Waals surface area contributed by atoms with Gasteiger partial charge < -0.3 is 4.74 Å². The van der Waals surface area contributed by atoms with Gasteiger partial charge in [0, 0.05) is 12.5 Å². The molecule has 0 saturated carbocycles. The van der Waals surface area contributed by atoms with Gasteiger partial charge in [0.25, 0.3) is 0 Å². The lowest BCUT2D eigenvalue weighted by Gasteiger charge is -2.16. The Labute approximate surface area is 105 Å². The van der Waals surface area contributed by atoms with Crippen LogP contribution in [0.1, 0.15) is 48.8 Å². The van der Waals surface area contributed by atoms with Gasteiger partial charge in [-0.1, -0.05) is 19.9 Å². The highest BCUT2D eigenvalue weighted by Crippen LogP contribution is 2.35. The molecule has 4 heteroatoms. The molecule has 0 aliphatic carbocycles. The Morgan fingerprint density at radius 1 is 1.22 bits per heavy atom. The summed E-state index contributed by atoms with van der Waals surface area (Å²) in [6.07, 6.45) is -3.47. The fourth-order valence-corrected chi connectivity index (χ4v) is 2.21. The first-order chi connectivity index (χ1) is 8.38. The summed E-state index contributed by atoms with van der Waals surface area (Å²) in [6.45, 7) is 4.98. The Morgan fingerprint density at radius 2 is 1.94 bits per heavy atom. The van der Waals surface area contributed by atoms with Crippen LogP contribution in [-0.2, 0) is 10.9 Å². The van der Waals surface area contributed by atoms with Crippen molar-refractivity contribution in [2.45, 2.75) is 38.3 Å². The van der Waals surface area contributed by atoms with E-state index in [4.69, 9.17) is 4.74 Å². The van der Waals surface area contributed by atoms with Gasteiger partial charge in [0.1, 0.15) is 0 Å². The van der Waals surface area contributed by atoms with Crippen molar-refractivity contribution in [3.8, 4) is 0 Å². The van der Waals surface area contributed by atoms with Crippen LogP contribution < -0.4 is 0 Å². The van der Waals surface area contributed by atoms with Crippen molar-refractivity contribution < 1.29 is 17.9 Å². The first-order valence-corrected chi connectivity index (χ1v) is 6.17. The summed E-state index contributed by atoms with van der Waals surface area (Å²) in [4.78, 5) is 0. The Morgan fingerprint density at radius 3 is 2.44 bits per heavy atom. The molecule has 1 aromatic rings. The lowest BCUT2D eigenvalue weighted by molar-refractivity contribution is -0.137. The van der Waals surface area contributed by atoms with Gasteiger partial charge in [0.2, 0.25) is 0 Å². The minimum atomic E-state index is -4.28. The Hall–Kier alpha value is -1.03. The maximum absolute atomic E-state index is 12.9. The lowest BCUT2D eigenvalue weighted by Crippen LogP contribution is -2.09. The molecular weight excluding hydrogens is 241 g/mol. The molecule has 1 saturated heterocycles. The van der Waals surface area contributed by atoms with Gasteiger partial charge >= 0.3 is 6.18 Å². The molecule has 0 aromatic heterocycles. The van der Waals surface area contributed by atoms with E-state index in [0.29, 0.717) is 13.2 Å². The van der Waals surface area contributed by atoms with Gasteiger partial charge in [-0.2, -0.15) is 13.2 Å². The highest BCUT2D eigenvalue weighted by Gasteiger charge is 2.32. The van der Waals surface area contributed by atoms with Crippen LogP contribution in [0, 0.1) is 0 Å². The fraction of sp³-hybridized carbons (Fsp3) is 0.571. The van der Waals surface area contributed by atoms with Crippen LogP contribution in [0.3, 0.4) is 0 Å². The first kappa shape index (κ1) is 13.4. The molecule has 0 radical (unpaired) electrons. The number of hydrogen-bond donors (Lipinski definition) is 0. The van der Waals surface area contributed by atoms with Crippen molar-refractivity contribution in [3.63, 3.8) is 0 Å². The molecular formula is C14H17F3O. The Balaban J connectivity index is 2.42. The van der Waals surface area contributed by atoms with Crippen LogP contribution in [-0.4, -0.2) is 13.2 Å².